The highest BCUT2D eigenvalue weighted by Gasteiger charge is 2.38. The zero-order chi connectivity index (χ0) is 29.0. The van der Waals surface area contributed by atoms with E-state index in [1.165, 1.54) is 20.1 Å². The van der Waals surface area contributed by atoms with E-state index in [1.807, 2.05) is 5.32 Å². The molecule has 1 fully saturated rings. The molecule has 2 N–H and O–H groups in total. The van der Waals surface area contributed by atoms with Crippen LogP contribution in [0.4, 0.5) is 29.3 Å². The SMILES string of the molecule is COc1ccc(C=C2C(=O)NC(=O)N(c3cccc(C(F)(F)F)c3)C2=O)cc1COc1ccc(NC(C)=O)cc1. The number of nitrogens with one attached hydrogen (secondary N) is 2. The smallest absolute Gasteiger partial charge is 0.416 e. The summed E-state index contributed by atoms with van der Waals surface area (Å²) in [5.41, 5.74) is -0.335. The maximum atomic E-state index is 13.2. The lowest BCUT2D eigenvalue weighted by Gasteiger charge is -2.27. The number of hydrogen-bond acceptors (Lipinski definition) is 6. The third-order valence-corrected chi connectivity index (χ3v) is 5.72. The average molecular weight is 553 g/mol. The summed E-state index contributed by atoms with van der Waals surface area (Å²) in [5.74, 6) is -1.34. The zero-order valence-electron chi connectivity index (χ0n) is 21.2. The Morgan fingerprint density at radius 1 is 1.02 bits per heavy atom. The van der Waals surface area contributed by atoms with E-state index in [0.29, 0.717) is 39.3 Å². The first-order valence-corrected chi connectivity index (χ1v) is 11.7. The Morgan fingerprint density at radius 3 is 2.40 bits per heavy atom. The fourth-order valence-electron chi connectivity index (χ4n) is 3.88. The van der Waals surface area contributed by atoms with Gasteiger partial charge in [0.2, 0.25) is 5.91 Å². The lowest BCUT2D eigenvalue weighted by Crippen LogP contribution is -2.54. The number of alkyl halides is 3. The summed E-state index contributed by atoms with van der Waals surface area (Å²) in [6, 6.07) is 13.9. The molecule has 12 heteroatoms. The molecule has 40 heavy (non-hydrogen) atoms. The average Bonchev–Trinajstić information content (AvgIpc) is 2.90. The van der Waals surface area contributed by atoms with Gasteiger partial charge in [0.25, 0.3) is 11.8 Å². The largest absolute Gasteiger partial charge is 0.496 e. The molecule has 1 aliphatic rings. The van der Waals surface area contributed by atoms with Crippen LogP contribution in [-0.2, 0) is 27.2 Å². The predicted octanol–water partition coefficient (Wildman–Crippen LogP) is 4.92. The molecule has 0 bridgehead atoms. The van der Waals surface area contributed by atoms with Crippen molar-refractivity contribution in [2.24, 2.45) is 0 Å². The standard InChI is InChI=1S/C28H22F3N3O6/c1-16(35)32-20-7-9-22(10-8-20)40-15-18-12-17(6-11-24(18)39-2)13-23-25(36)33-27(38)34(26(23)37)21-5-3-4-19(14-21)28(29,30)31/h3-14H,15H2,1-2H3,(H,32,35)(H,33,36,38). The Hall–Kier alpha value is -5.13. The predicted molar refractivity (Wildman–Crippen MR) is 139 cm³/mol. The van der Waals surface area contributed by atoms with Gasteiger partial charge in [0.1, 0.15) is 23.7 Å². The molecular formula is C28H22F3N3O6. The van der Waals surface area contributed by atoms with Crippen LogP contribution in [0.3, 0.4) is 0 Å². The minimum Gasteiger partial charge on any atom is -0.496 e. The molecule has 0 aliphatic carbocycles. The van der Waals surface area contributed by atoms with E-state index in [0.717, 1.165) is 18.2 Å². The Kier molecular flexibility index (Phi) is 7.89. The summed E-state index contributed by atoms with van der Waals surface area (Å²) < 4.78 is 50.7. The van der Waals surface area contributed by atoms with E-state index in [1.54, 1.807) is 42.5 Å². The summed E-state index contributed by atoms with van der Waals surface area (Å²) in [5, 5.41) is 4.64. The number of amides is 5. The number of halogens is 3. The van der Waals surface area contributed by atoms with Crippen LogP contribution >= 0.6 is 0 Å². The van der Waals surface area contributed by atoms with Crippen molar-refractivity contribution < 1.29 is 41.8 Å². The van der Waals surface area contributed by atoms with Crippen molar-refractivity contribution in [3.8, 4) is 11.5 Å². The summed E-state index contributed by atoms with van der Waals surface area (Å²) in [7, 11) is 1.45. The van der Waals surface area contributed by atoms with Crippen molar-refractivity contribution in [1.29, 1.82) is 0 Å². The lowest BCUT2D eigenvalue weighted by atomic mass is 10.0. The van der Waals surface area contributed by atoms with Crippen molar-refractivity contribution in [3.05, 3.63) is 89.0 Å². The van der Waals surface area contributed by atoms with Crippen LogP contribution in [0.15, 0.2) is 72.3 Å². The second-order valence-corrected chi connectivity index (χ2v) is 8.57. The number of hydrogen-bond donors (Lipinski definition) is 2. The summed E-state index contributed by atoms with van der Waals surface area (Å²) in [4.78, 5) is 49.7. The van der Waals surface area contributed by atoms with Crippen molar-refractivity contribution >= 4 is 41.2 Å². The van der Waals surface area contributed by atoms with Gasteiger partial charge < -0.3 is 14.8 Å². The molecule has 0 atom stereocenters. The molecule has 9 nitrogen and oxygen atoms in total. The number of benzene rings is 3. The van der Waals surface area contributed by atoms with Gasteiger partial charge in [0, 0.05) is 18.2 Å². The van der Waals surface area contributed by atoms with Gasteiger partial charge >= 0.3 is 12.2 Å². The van der Waals surface area contributed by atoms with Crippen LogP contribution in [0.5, 0.6) is 11.5 Å². The van der Waals surface area contributed by atoms with Crippen LogP contribution < -0.4 is 25.0 Å². The van der Waals surface area contributed by atoms with Crippen molar-refractivity contribution in [1.82, 2.24) is 5.32 Å². The molecule has 0 unspecified atom stereocenters. The molecule has 1 aliphatic heterocycles. The highest BCUT2D eigenvalue weighted by Crippen LogP contribution is 2.33. The molecule has 3 aromatic rings. The van der Waals surface area contributed by atoms with Gasteiger partial charge in [-0.25, -0.2) is 9.69 Å². The van der Waals surface area contributed by atoms with E-state index in [9.17, 15) is 32.3 Å². The van der Waals surface area contributed by atoms with Gasteiger partial charge in [0.05, 0.1) is 18.4 Å². The third-order valence-electron chi connectivity index (χ3n) is 5.72. The minimum absolute atomic E-state index is 0.0364. The topological polar surface area (TPSA) is 114 Å². The summed E-state index contributed by atoms with van der Waals surface area (Å²) in [6.45, 7) is 1.43. The van der Waals surface area contributed by atoms with Crippen molar-refractivity contribution in [2.45, 2.75) is 19.7 Å². The van der Waals surface area contributed by atoms with Crippen molar-refractivity contribution in [2.75, 3.05) is 17.3 Å². The zero-order valence-corrected chi connectivity index (χ0v) is 21.2. The number of carbonyl (C=O) groups excluding carboxylic acids is 4. The highest BCUT2D eigenvalue weighted by atomic mass is 19.4. The summed E-state index contributed by atoms with van der Waals surface area (Å²) >= 11 is 0. The summed E-state index contributed by atoms with van der Waals surface area (Å²) in [6.07, 6.45) is -3.48. The van der Waals surface area contributed by atoms with Gasteiger partial charge in [-0.2, -0.15) is 13.2 Å². The molecule has 1 saturated heterocycles. The lowest BCUT2D eigenvalue weighted by molar-refractivity contribution is -0.137. The Balaban J connectivity index is 1.59. The molecule has 206 valence electrons. The van der Waals surface area contributed by atoms with E-state index in [-0.39, 0.29) is 18.2 Å². The quantitative estimate of drug-likeness (QED) is 0.317. The molecule has 1 heterocycles. The van der Waals surface area contributed by atoms with Crippen LogP contribution in [0.1, 0.15) is 23.6 Å². The van der Waals surface area contributed by atoms with E-state index in [4.69, 9.17) is 9.47 Å². The van der Waals surface area contributed by atoms with Crippen LogP contribution in [0.25, 0.3) is 6.08 Å². The highest BCUT2D eigenvalue weighted by molar-refractivity contribution is 6.39. The van der Waals surface area contributed by atoms with E-state index >= 15 is 0 Å². The van der Waals surface area contributed by atoms with Gasteiger partial charge in [-0.3, -0.25) is 19.7 Å². The molecule has 0 aromatic heterocycles. The van der Waals surface area contributed by atoms with Crippen LogP contribution in [-0.4, -0.2) is 30.9 Å². The molecule has 5 amide bonds. The van der Waals surface area contributed by atoms with Gasteiger partial charge in [-0.1, -0.05) is 12.1 Å². The number of nitrogens with zero attached hydrogens (tertiary/aromatic N) is 1. The van der Waals surface area contributed by atoms with Crippen LogP contribution in [0, 0.1) is 0 Å². The molecule has 0 radical (unpaired) electrons. The van der Waals surface area contributed by atoms with Crippen LogP contribution in [0.2, 0.25) is 0 Å². The fraction of sp³-hybridized carbons (Fsp3) is 0.143. The van der Waals surface area contributed by atoms with E-state index in [2.05, 4.69) is 5.32 Å². The van der Waals surface area contributed by atoms with Gasteiger partial charge in [-0.15, -0.1) is 0 Å². The number of methoxy groups -OCH3 is 1. The van der Waals surface area contributed by atoms with E-state index < -0.39 is 35.2 Å². The molecule has 0 spiro atoms. The number of ether oxygens (including phenoxy) is 2. The first kappa shape index (κ1) is 27.9. The first-order valence-electron chi connectivity index (χ1n) is 11.7. The molecular weight excluding hydrogens is 531 g/mol. The third kappa shape index (κ3) is 6.29. The number of rotatable bonds is 7. The second kappa shape index (κ2) is 11.3. The Labute approximate surface area is 226 Å². The number of anilines is 2. The first-order chi connectivity index (χ1) is 19.0. The van der Waals surface area contributed by atoms with Gasteiger partial charge in [-0.05, 0) is 66.2 Å². The molecule has 4 rings (SSSR count). The van der Waals surface area contributed by atoms with Gasteiger partial charge in [0.15, 0.2) is 0 Å². The Morgan fingerprint density at radius 2 is 1.75 bits per heavy atom. The number of barbiturate groups is 1. The molecule has 3 aromatic carbocycles. The number of carbonyl (C=O) groups is 4. The minimum atomic E-state index is -4.70. The second-order valence-electron chi connectivity index (χ2n) is 8.57. The van der Waals surface area contributed by atoms with Crippen molar-refractivity contribution in [3.63, 3.8) is 0 Å². The fourth-order valence-corrected chi connectivity index (χ4v) is 3.88. The maximum absolute atomic E-state index is 13.2. The Bertz CT molecular complexity index is 1520. The number of urea groups is 1. The number of imide groups is 2. The normalized spacial score (nSPS) is 14.7. The monoisotopic (exact) mass is 553 g/mol. The maximum Gasteiger partial charge on any atom is 0.416 e. The molecule has 0 saturated carbocycles.